The summed E-state index contributed by atoms with van der Waals surface area (Å²) in [5.41, 5.74) is 2.70. The molecule has 0 aliphatic rings. The highest BCUT2D eigenvalue weighted by atomic mass is 32.1. The van der Waals surface area contributed by atoms with Crippen LogP contribution in [-0.4, -0.2) is 11.5 Å². The Balaban J connectivity index is 2.16. The molecule has 0 fully saturated rings. The van der Waals surface area contributed by atoms with Gasteiger partial charge < -0.3 is 5.32 Å². The first-order chi connectivity index (χ1) is 8.69. The lowest BCUT2D eigenvalue weighted by Crippen LogP contribution is -2.22. The van der Waals surface area contributed by atoms with Crippen LogP contribution in [0.25, 0.3) is 0 Å². The van der Waals surface area contributed by atoms with Gasteiger partial charge in [0, 0.05) is 17.1 Å². The van der Waals surface area contributed by atoms with Crippen molar-refractivity contribution in [1.82, 2.24) is 10.3 Å². The third-order valence-electron chi connectivity index (χ3n) is 2.96. The van der Waals surface area contributed by atoms with Gasteiger partial charge in [0.15, 0.2) is 0 Å². The lowest BCUT2D eigenvalue weighted by atomic mass is 10.0. The lowest BCUT2D eigenvalue weighted by molar-refractivity contribution is 0.557. The number of hydrogen-bond acceptors (Lipinski definition) is 3. The van der Waals surface area contributed by atoms with Crippen molar-refractivity contribution in [2.24, 2.45) is 0 Å². The van der Waals surface area contributed by atoms with Crippen molar-refractivity contribution in [2.45, 2.75) is 33.2 Å². The Hall–Kier alpha value is -1.19. The number of aromatic nitrogens is 1. The molecule has 0 aliphatic carbocycles. The molecule has 2 rings (SSSR count). The van der Waals surface area contributed by atoms with E-state index in [1.165, 1.54) is 16.0 Å². The predicted molar refractivity (Wildman–Crippen MR) is 78.2 cm³/mol. The number of aryl methyl sites for hydroxylation is 2. The molecule has 18 heavy (non-hydrogen) atoms. The SMILES string of the molecule is CCNC(Cc1cccc(C)c1)c1cnc(C)s1. The van der Waals surface area contributed by atoms with Gasteiger partial charge in [0.2, 0.25) is 0 Å². The van der Waals surface area contributed by atoms with Gasteiger partial charge in [0.25, 0.3) is 0 Å². The van der Waals surface area contributed by atoms with Gasteiger partial charge in [0.05, 0.1) is 5.01 Å². The number of benzene rings is 1. The first-order valence-electron chi connectivity index (χ1n) is 6.40. The van der Waals surface area contributed by atoms with Crippen LogP contribution in [0, 0.1) is 13.8 Å². The molecule has 0 radical (unpaired) electrons. The summed E-state index contributed by atoms with van der Waals surface area (Å²) in [6.07, 6.45) is 3.03. The van der Waals surface area contributed by atoms with Gasteiger partial charge in [-0.3, -0.25) is 0 Å². The molecule has 96 valence electrons. The highest BCUT2D eigenvalue weighted by Crippen LogP contribution is 2.24. The molecule has 1 unspecified atom stereocenters. The van der Waals surface area contributed by atoms with Gasteiger partial charge >= 0.3 is 0 Å². The topological polar surface area (TPSA) is 24.9 Å². The second kappa shape index (κ2) is 6.12. The lowest BCUT2D eigenvalue weighted by Gasteiger charge is -2.16. The summed E-state index contributed by atoms with van der Waals surface area (Å²) in [7, 11) is 0. The van der Waals surface area contributed by atoms with Crippen LogP contribution in [0.4, 0.5) is 0 Å². The molecular formula is C15H20N2S. The summed E-state index contributed by atoms with van der Waals surface area (Å²) in [6.45, 7) is 7.33. The van der Waals surface area contributed by atoms with Crippen molar-refractivity contribution >= 4 is 11.3 Å². The predicted octanol–water partition coefficient (Wildman–Crippen LogP) is 3.65. The van der Waals surface area contributed by atoms with Crippen LogP contribution < -0.4 is 5.32 Å². The standard InChI is InChI=1S/C15H20N2S/c1-4-16-14(15-10-17-12(3)18-15)9-13-7-5-6-11(2)8-13/h5-8,10,14,16H,4,9H2,1-3H3. The van der Waals surface area contributed by atoms with Crippen LogP contribution >= 0.6 is 11.3 Å². The number of thiazole rings is 1. The minimum atomic E-state index is 0.378. The minimum Gasteiger partial charge on any atom is -0.309 e. The number of likely N-dealkylation sites (N-methyl/N-ethyl adjacent to an activating group) is 1. The van der Waals surface area contributed by atoms with E-state index in [4.69, 9.17) is 0 Å². The minimum absolute atomic E-state index is 0.378. The van der Waals surface area contributed by atoms with Crippen LogP contribution in [0.1, 0.15) is 34.0 Å². The highest BCUT2D eigenvalue weighted by molar-refractivity contribution is 7.11. The zero-order valence-electron chi connectivity index (χ0n) is 11.2. The zero-order chi connectivity index (χ0) is 13.0. The Bertz CT molecular complexity index is 505. The Morgan fingerprint density at radius 3 is 2.78 bits per heavy atom. The maximum atomic E-state index is 4.36. The molecule has 1 heterocycles. The van der Waals surface area contributed by atoms with Crippen molar-refractivity contribution in [3.8, 4) is 0 Å². The van der Waals surface area contributed by atoms with Gasteiger partial charge in [-0.05, 0) is 32.4 Å². The molecule has 0 aliphatic heterocycles. The maximum Gasteiger partial charge on any atom is 0.0897 e. The van der Waals surface area contributed by atoms with Gasteiger partial charge in [-0.1, -0.05) is 36.8 Å². The van der Waals surface area contributed by atoms with E-state index in [9.17, 15) is 0 Å². The quantitative estimate of drug-likeness (QED) is 0.887. The molecule has 2 nitrogen and oxygen atoms in total. The number of hydrogen-bond donors (Lipinski definition) is 1. The van der Waals surface area contributed by atoms with E-state index < -0.39 is 0 Å². The molecular weight excluding hydrogens is 240 g/mol. The van der Waals surface area contributed by atoms with E-state index in [0.29, 0.717) is 6.04 Å². The molecule has 1 atom stereocenters. The van der Waals surface area contributed by atoms with Crippen LogP contribution in [0.15, 0.2) is 30.5 Å². The zero-order valence-corrected chi connectivity index (χ0v) is 12.1. The first kappa shape index (κ1) is 13.2. The van der Waals surface area contributed by atoms with Crippen molar-refractivity contribution in [3.05, 3.63) is 51.5 Å². The molecule has 1 N–H and O–H groups in total. The molecule has 1 aromatic heterocycles. The Morgan fingerprint density at radius 1 is 1.33 bits per heavy atom. The van der Waals surface area contributed by atoms with Crippen molar-refractivity contribution in [2.75, 3.05) is 6.54 Å². The number of nitrogens with zero attached hydrogens (tertiary/aromatic N) is 1. The van der Waals surface area contributed by atoms with Gasteiger partial charge in [-0.2, -0.15) is 0 Å². The van der Waals surface area contributed by atoms with Gasteiger partial charge in [-0.25, -0.2) is 4.98 Å². The maximum absolute atomic E-state index is 4.36. The Kier molecular flexibility index (Phi) is 4.50. The Labute approximate surface area is 113 Å². The van der Waals surface area contributed by atoms with E-state index in [1.54, 1.807) is 11.3 Å². The fourth-order valence-electron chi connectivity index (χ4n) is 2.13. The summed E-state index contributed by atoms with van der Waals surface area (Å²) in [6, 6.07) is 9.11. The first-order valence-corrected chi connectivity index (χ1v) is 7.22. The molecule has 0 bridgehead atoms. The van der Waals surface area contributed by atoms with E-state index in [-0.39, 0.29) is 0 Å². The molecule has 1 aromatic carbocycles. The van der Waals surface area contributed by atoms with Crippen molar-refractivity contribution < 1.29 is 0 Å². The second-order valence-corrected chi connectivity index (χ2v) is 5.85. The van der Waals surface area contributed by atoms with Crippen molar-refractivity contribution in [3.63, 3.8) is 0 Å². The molecule has 0 amide bonds. The van der Waals surface area contributed by atoms with E-state index in [2.05, 4.69) is 55.3 Å². The highest BCUT2D eigenvalue weighted by Gasteiger charge is 2.13. The molecule has 0 saturated heterocycles. The second-order valence-electron chi connectivity index (χ2n) is 4.59. The molecule has 0 spiro atoms. The molecule has 2 aromatic rings. The monoisotopic (exact) mass is 260 g/mol. The van der Waals surface area contributed by atoms with Crippen LogP contribution in [0.5, 0.6) is 0 Å². The summed E-state index contributed by atoms with van der Waals surface area (Å²) < 4.78 is 0. The van der Waals surface area contributed by atoms with Gasteiger partial charge in [-0.15, -0.1) is 11.3 Å². The number of nitrogens with one attached hydrogen (secondary N) is 1. The third-order valence-corrected chi connectivity index (χ3v) is 3.98. The third kappa shape index (κ3) is 3.40. The average molecular weight is 260 g/mol. The van der Waals surface area contributed by atoms with Crippen molar-refractivity contribution in [1.29, 1.82) is 0 Å². The van der Waals surface area contributed by atoms with E-state index in [0.717, 1.165) is 18.0 Å². The molecule has 0 saturated carbocycles. The summed E-state index contributed by atoms with van der Waals surface area (Å²) in [4.78, 5) is 5.69. The summed E-state index contributed by atoms with van der Waals surface area (Å²) in [5, 5.41) is 4.69. The van der Waals surface area contributed by atoms with Gasteiger partial charge in [0.1, 0.15) is 0 Å². The number of rotatable bonds is 5. The summed E-state index contributed by atoms with van der Waals surface area (Å²) in [5.74, 6) is 0. The van der Waals surface area contributed by atoms with Crippen LogP contribution in [0.2, 0.25) is 0 Å². The Morgan fingerprint density at radius 2 is 2.17 bits per heavy atom. The smallest absolute Gasteiger partial charge is 0.0897 e. The normalized spacial score (nSPS) is 12.6. The fourth-order valence-corrected chi connectivity index (χ4v) is 2.99. The average Bonchev–Trinajstić information content (AvgIpc) is 2.75. The van der Waals surface area contributed by atoms with Crippen LogP contribution in [-0.2, 0) is 6.42 Å². The van der Waals surface area contributed by atoms with E-state index in [1.807, 2.05) is 6.20 Å². The summed E-state index contributed by atoms with van der Waals surface area (Å²) >= 11 is 1.79. The van der Waals surface area contributed by atoms with Crippen LogP contribution in [0.3, 0.4) is 0 Å². The molecule has 3 heteroatoms. The largest absolute Gasteiger partial charge is 0.309 e. The van der Waals surface area contributed by atoms with E-state index >= 15 is 0 Å². The fraction of sp³-hybridized carbons (Fsp3) is 0.400.